The number of aryl methyl sites for hydroxylation is 3. The number of imidazole rings is 1. The Hall–Kier alpha value is -3.60. The van der Waals surface area contributed by atoms with Crippen molar-refractivity contribution in [3.05, 3.63) is 89.7 Å². The molecule has 0 aliphatic carbocycles. The van der Waals surface area contributed by atoms with E-state index in [2.05, 4.69) is 42.7 Å². The summed E-state index contributed by atoms with van der Waals surface area (Å²) in [4.78, 5) is 19.8. The van der Waals surface area contributed by atoms with Crippen molar-refractivity contribution >= 4 is 22.6 Å². The summed E-state index contributed by atoms with van der Waals surface area (Å²) in [5, 5.41) is 0. The second kappa shape index (κ2) is 9.10. The molecule has 0 N–H and O–H groups in total. The van der Waals surface area contributed by atoms with E-state index in [1.165, 1.54) is 0 Å². The van der Waals surface area contributed by atoms with Crippen LogP contribution in [0.1, 0.15) is 35.7 Å². The van der Waals surface area contributed by atoms with Crippen LogP contribution in [0.2, 0.25) is 0 Å². The highest BCUT2D eigenvalue weighted by Crippen LogP contribution is 2.33. The van der Waals surface area contributed by atoms with Crippen LogP contribution in [0.15, 0.2) is 72.8 Å². The fourth-order valence-corrected chi connectivity index (χ4v) is 4.69. The van der Waals surface area contributed by atoms with Crippen molar-refractivity contribution < 1.29 is 9.53 Å². The molecular weight excluding hydrogens is 410 g/mol. The number of rotatable bonds is 7. The summed E-state index contributed by atoms with van der Waals surface area (Å²) in [6.07, 6.45) is 1.35. The molecule has 5 heteroatoms. The van der Waals surface area contributed by atoms with Gasteiger partial charge in [0.15, 0.2) is 0 Å². The first-order chi connectivity index (χ1) is 16.1. The Balaban J connectivity index is 1.36. The molecule has 1 fully saturated rings. The van der Waals surface area contributed by atoms with Gasteiger partial charge in [-0.2, -0.15) is 0 Å². The van der Waals surface area contributed by atoms with Gasteiger partial charge in [-0.05, 0) is 61.7 Å². The summed E-state index contributed by atoms with van der Waals surface area (Å²) >= 11 is 0. The molecule has 0 spiro atoms. The van der Waals surface area contributed by atoms with E-state index in [4.69, 9.17) is 9.72 Å². The summed E-state index contributed by atoms with van der Waals surface area (Å²) in [6.45, 7) is 6.21. The van der Waals surface area contributed by atoms with Crippen LogP contribution in [0.4, 0.5) is 5.69 Å². The Morgan fingerprint density at radius 3 is 2.67 bits per heavy atom. The first-order valence-corrected chi connectivity index (χ1v) is 11.6. The van der Waals surface area contributed by atoms with Gasteiger partial charge in [0.25, 0.3) is 0 Å². The molecule has 168 valence electrons. The molecule has 1 amide bonds. The van der Waals surface area contributed by atoms with Crippen LogP contribution < -0.4 is 9.64 Å². The molecule has 5 nitrogen and oxygen atoms in total. The number of anilines is 1. The lowest BCUT2D eigenvalue weighted by molar-refractivity contribution is -0.117. The standard InChI is InChI=1S/C28H29N3O2/c1-20-9-7-11-23(17-20)31-19-22(18-27(31)32)28-29-24-12-4-5-13-25(24)30(28)15-8-16-33-26-14-6-3-10-21(26)2/h3-7,9-14,17,22H,8,15-16,18-19H2,1-2H3/t22-/m0/s1. The molecule has 33 heavy (non-hydrogen) atoms. The Labute approximate surface area is 194 Å². The van der Waals surface area contributed by atoms with Crippen molar-refractivity contribution in [1.29, 1.82) is 0 Å². The van der Waals surface area contributed by atoms with Crippen molar-refractivity contribution in [2.24, 2.45) is 0 Å². The Kier molecular flexibility index (Phi) is 5.86. The van der Waals surface area contributed by atoms with E-state index in [1.54, 1.807) is 0 Å². The fraction of sp³-hybridized carbons (Fsp3) is 0.286. The Bertz CT molecular complexity index is 1290. The molecule has 3 aromatic carbocycles. The SMILES string of the molecule is Cc1cccc(N2C[C@@H](c3nc4ccccc4n3CCCOc3ccccc3C)CC2=O)c1. The summed E-state index contributed by atoms with van der Waals surface area (Å²) in [7, 11) is 0. The number of hydrogen-bond acceptors (Lipinski definition) is 3. The van der Waals surface area contributed by atoms with E-state index in [9.17, 15) is 4.79 Å². The predicted octanol–water partition coefficient (Wildman–Crippen LogP) is 5.64. The third kappa shape index (κ3) is 4.36. The van der Waals surface area contributed by atoms with Gasteiger partial charge in [-0.1, -0.05) is 42.5 Å². The molecule has 1 aliphatic heterocycles. The highest BCUT2D eigenvalue weighted by Gasteiger charge is 2.34. The van der Waals surface area contributed by atoms with Crippen LogP contribution in [-0.2, 0) is 11.3 Å². The monoisotopic (exact) mass is 439 g/mol. The number of aromatic nitrogens is 2. The van der Waals surface area contributed by atoms with Crippen LogP contribution in [0.25, 0.3) is 11.0 Å². The minimum Gasteiger partial charge on any atom is -0.493 e. The number of ether oxygens (including phenoxy) is 1. The molecule has 1 saturated heterocycles. The zero-order valence-electron chi connectivity index (χ0n) is 19.2. The molecule has 1 aromatic heterocycles. The predicted molar refractivity (Wildman–Crippen MR) is 132 cm³/mol. The minimum absolute atomic E-state index is 0.0719. The molecular formula is C28H29N3O2. The lowest BCUT2D eigenvalue weighted by Crippen LogP contribution is -2.24. The van der Waals surface area contributed by atoms with Gasteiger partial charge in [0, 0.05) is 31.1 Å². The van der Waals surface area contributed by atoms with E-state index in [1.807, 2.05) is 53.4 Å². The van der Waals surface area contributed by atoms with Gasteiger partial charge in [-0.15, -0.1) is 0 Å². The highest BCUT2D eigenvalue weighted by atomic mass is 16.5. The fourth-order valence-electron chi connectivity index (χ4n) is 4.69. The first kappa shape index (κ1) is 21.3. The van der Waals surface area contributed by atoms with E-state index in [0.29, 0.717) is 19.6 Å². The zero-order chi connectivity index (χ0) is 22.8. The molecule has 0 saturated carbocycles. The molecule has 0 unspecified atom stereocenters. The summed E-state index contributed by atoms with van der Waals surface area (Å²) in [5.41, 5.74) is 5.37. The Morgan fingerprint density at radius 1 is 1.00 bits per heavy atom. The average Bonchev–Trinajstić information content (AvgIpc) is 3.38. The van der Waals surface area contributed by atoms with E-state index in [-0.39, 0.29) is 11.8 Å². The third-order valence-corrected chi connectivity index (χ3v) is 6.36. The van der Waals surface area contributed by atoms with Crippen LogP contribution >= 0.6 is 0 Å². The summed E-state index contributed by atoms with van der Waals surface area (Å²) in [5.74, 6) is 2.16. The number of hydrogen-bond donors (Lipinski definition) is 0. The van der Waals surface area contributed by atoms with Crippen molar-refractivity contribution in [1.82, 2.24) is 9.55 Å². The van der Waals surface area contributed by atoms with Crippen molar-refractivity contribution in [2.45, 2.75) is 39.2 Å². The molecule has 2 heterocycles. The molecule has 1 aliphatic rings. The summed E-state index contributed by atoms with van der Waals surface area (Å²) < 4.78 is 8.31. The van der Waals surface area contributed by atoms with Gasteiger partial charge in [0.05, 0.1) is 17.6 Å². The van der Waals surface area contributed by atoms with Crippen molar-refractivity contribution in [2.75, 3.05) is 18.1 Å². The van der Waals surface area contributed by atoms with E-state index < -0.39 is 0 Å². The quantitative estimate of drug-likeness (QED) is 0.350. The van der Waals surface area contributed by atoms with E-state index >= 15 is 0 Å². The van der Waals surface area contributed by atoms with Gasteiger partial charge in [-0.3, -0.25) is 4.79 Å². The van der Waals surface area contributed by atoms with Crippen LogP contribution in [0.5, 0.6) is 5.75 Å². The van der Waals surface area contributed by atoms with Crippen LogP contribution in [-0.4, -0.2) is 28.6 Å². The van der Waals surface area contributed by atoms with Gasteiger partial charge < -0.3 is 14.2 Å². The van der Waals surface area contributed by atoms with Crippen LogP contribution in [0.3, 0.4) is 0 Å². The number of carbonyl (C=O) groups is 1. The largest absolute Gasteiger partial charge is 0.493 e. The topological polar surface area (TPSA) is 47.4 Å². The third-order valence-electron chi connectivity index (χ3n) is 6.36. The smallest absolute Gasteiger partial charge is 0.227 e. The van der Waals surface area contributed by atoms with Crippen LogP contribution in [0, 0.1) is 13.8 Å². The molecule has 5 rings (SSSR count). The number of nitrogens with zero attached hydrogens (tertiary/aromatic N) is 3. The molecule has 0 bridgehead atoms. The Morgan fingerprint density at radius 2 is 1.82 bits per heavy atom. The molecule has 0 radical (unpaired) electrons. The lowest BCUT2D eigenvalue weighted by Gasteiger charge is -2.18. The molecule has 4 aromatic rings. The first-order valence-electron chi connectivity index (χ1n) is 11.6. The number of amides is 1. The number of para-hydroxylation sites is 3. The maximum atomic E-state index is 12.9. The number of benzene rings is 3. The van der Waals surface area contributed by atoms with Gasteiger partial charge in [0.2, 0.25) is 5.91 Å². The van der Waals surface area contributed by atoms with Gasteiger partial charge in [-0.25, -0.2) is 4.98 Å². The minimum atomic E-state index is 0.0719. The molecule has 1 atom stereocenters. The number of fused-ring (bicyclic) bond motifs is 1. The highest BCUT2D eigenvalue weighted by molar-refractivity contribution is 5.96. The second-order valence-corrected chi connectivity index (χ2v) is 8.82. The van der Waals surface area contributed by atoms with Crippen molar-refractivity contribution in [3.8, 4) is 5.75 Å². The zero-order valence-corrected chi connectivity index (χ0v) is 19.2. The lowest BCUT2D eigenvalue weighted by atomic mass is 10.1. The number of carbonyl (C=O) groups excluding carboxylic acids is 1. The van der Waals surface area contributed by atoms with E-state index in [0.717, 1.165) is 52.4 Å². The van der Waals surface area contributed by atoms with Gasteiger partial charge >= 0.3 is 0 Å². The van der Waals surface area contributed by atoms with Gasteiger partial charge in [0.1, 0.15) is 11.6 Å². The second-order valence-electron chi connectivity index (χ2n) is 8.82. The average molecular weight is 440 g/mol. The maximum Gasteiger partial charge on any atom is 0.227 e. The van der Waals surface area contributed by atoms with Crippen molar-refractivity contribution in [3.63, 3.8) is 0 Å². The normalized spacial score (nSPS) is 16.0. The summed E-state index contributed by atoms with van der Waals surface area (Å²) in [6, 6.07) is 24.5. The maximum absolute atomic E-state index is 12.9.